The summed E-state index contributed by atoms with van der Waals surface area (Å²) < 4.78 is 0. The van der Waals surface area contributed by atoms with Gasteiger partial charge in [-0.15, -0.1) is 0 Å². The van der Waals surface area contributed by atoms with Crippen LogP contribution in [-0.2, 0) is 0 Å². The first-order valence-corrected chi connectivity index (χ1v) is 4.23. The molecule has 0 aromatic carbocycles. The van der Waals surface area contributed by atoms with Crippen molar-refractivity contribution < 1.29 is 20.4 Å². The molecule has 0 aromatic heterocycles. The smallest absolute Gasteiger partial charge is 0.106 e. The Kier molecular flexibility index (Phi) is 3.06. The molecule has 1 rings (SSSR count). The molecular formula is C8H16O4. The Morgan fingerprint density at radius 2 is 1.67 bits per heavy atom. The standard InChI is InChI=1S/C8H16O4/c1-4-2-5(3-9)7(11)8(12)6(4)10/h4-12H,2-3H2,1H3/t4-,5?,6?,7+,8?/m0/s1. The van der Waals surface area contributed by atoms with Gasteiger partial charge >= 0.3 is 0 Å². The highest BCUT2D eigenvalue weighted by molar-refractivity contribution is 4.90. The van der Waals surface area contributed by atoms with Gasteiger partial charge in [0.05, 0.1) is 12.2 Å². The zero-order valence-corrected chi connectivity index (χ0v) is 7.09. The van der Waals surface area contributed by atoms with E-state index >= 15 is 0 Å². The van der Waals surface area contributed by atoms with Crippen LogP contribution in [0.1, 0.15) is 13.3 Å². The van der Waals surface area contributed by atoms with E-state index in [-0.39, 0.29) is 18.4 Å². The zero-order chi connectivity index (χ0) is 9.30. The third-order valence-corrected chi connectivity index (χ3v) is 2.67. The minimum atomic E-state index is -1.12. The maximum atomic E-state index is 9.36. The van der Waals surface area contributed by atoms with Gasteiger partial charge in [0.1, 0.15) is 6.10 Å². The fraction of sp³-hybridized carbons (Fsp3) is 1.00. The molecule has 1 saturated carbocycles. The van der Waals surface area contributed by atoms with Gasteiger partial charge in [-0.3, -0.25) is 0 Å². The minimum absolute atomic E-state index is 0.0689. The van der Waals surface area contributed by atoms with E-state index < -0.39 is 18.3 Å². The molecule has 4 N–H and O–H groups in total. The lowest BCUT2D eigenvalue weighted by atomic mass is 9.77. The number of aliphatic hydroxyl groups excluding tert-OH is 4. The molecule has 72 valence electrons. The van der Waals surface area contributed by atoms with E-state index in [1.165, 1.54) is 0 Å². The maximum Gasteiger partial charge on any atom is 0.106 e. The first kappa shape index (κ1) is 9.92. The van der Waals surface area contributed by atoms with Gasteiger partial charge in [-0.05, 0) is 12.3 Å². The van der Waals surface area contributed by atoms with Gasteiger partial charge in [0, 0.05) is 12.5 Å². The van der Waals surface area contributed by atoms with Crippen molar-refractivity contribution in [3.63, 3.8) is 0 Å². The Balaban J connectivity index is 2.63. The Morgan fingerprint density at radius 3 is 2.17 bits per heavy atom. The number of hydrogen-bond donors (Lipinski definition) is 4. The van der Waals surface area contributed by atoms with Crippen LogP contribution in [-0.4, -0.2) is 45.3 Å². The quantitative estimate of drug-likeness (QED) is 0.401. The van der Waals surface area contributed by atoms with Crippen LogP contribution in [0.15, 0.2) is 0 Å². The monoisotopic (exact) mass is 176 g/mol. The largest absolute Gasteiger partial charge is 0.396 e. The average Bonchev–Trinajstić information content (AvgIpc) is 2.08. The normalized spacial score (nSPS) is 49.2. The Bertz CT molecular complexity index is 145. The predicted octanol–water partition coefficient (Wildman–Crippen LogP) is -1.28. The van der Waals surface area contributed by atoms with Crippen LogP contribution in [0.25, 0.3) is 0 Å². The molecule has 0 bridgehead atoms. The van der Waals surface area contributed by atoms with E-state index in [2.05, 4.69) is 0 Å². The van der Waals surface area contributed by atoms with E-state index in [1.807, 2.05) is 0 Å². The lowest BCUT2D eigenvalue weighted by molar-refractivity contribution is -0.138. The number of aliphatic hydroxyl groups is 4. The van der Waals surface area contributed by atoms with Gasteiger partial charge in [0.2, 0.25) is 0 Å². The highest BCUT2D eigenvalue weighted by Crippen LogP contribution is 2.29. The molecule has 3 unspecified atom stereocenters. The van der Waals surface area contributed by atoms with Crippen molar-refractivity contribution in [3.8, 4) is 0 Å². The molecule has 0 spiro atoms. The fourth-order valence-corrected chi connectivity index (χ4v) is 1.76. The van der Waals surface area contributed by atoms with Crippen molar-refractivity contribution in [2.75, 3.05) is 6.61 Å². The lowest BCUT2D eigenvalue weighted by Gasteiger charge is -2.38. The van der Waals surface area contributed by atoms with E-state index in [9.17, 15) is 15.3 Å². The van der Waals surface area contributed by atoms with Gasteiger partial charge in [-0.25, -0.2) is 0 Å². The second-order valence-corrected chi connectivity index (χ2v) is 3.63. The molecule has 1 aliphatic carbocycles. The van der Waals surface area contributed by atoms with Crippen molar-refractivity contribution >= 4 is 0 Å². The first-order valence-electron chi connectivity index (χ1n) is 4.23. The topological polar surface area (TPSA) is 80.9 Å². The molecule has 4 nitrogen and oxygen atoms in total. The maximum absolute atomic E-state index is 9.36. The summed E-state index contributed by atoms with van der Waals surface area (Å²) in [6, 6.07) is 0. The van der Waals surface area contributed by atoms with Gasteiger partial charge in [-0.1, -0.05) is 6.92 Å². The summed E-state index contributed by atoms with van der Waals surface area (Å²) in [5, 5.41) is 36.8. The fourth-order valence-electron chi connectivity index (χ4n) is 1.76. The van der Waals surface area contributed by atoms with Crippen molar-refractivity contribution in [1.29, 1.82) is 0 Å². The molecule has 12 heavy (non-hydrogen) atoms. The summed E-state index contributed by atoms with van der Waals surface area (Å²) in [7, 11) is 0. The molecule has 0 heterocycles. The molecular weight excluding hydrogens is 160 g/mol. The summed E-state index contributed by atoms with van der Waals surface area (Å²) in [6.07, 6.45) is -2.44. The van der Waals surface area contributed by atoms with Crippen LogP contribution in [0.3, 0.4) is 0 Å². The van der Waals surface area contributed by atoms with E-state index in [4.69, 9.17) is 5.11 Å². The summed E-state index contributed by atoms with van der Waals surface area (Å²) in [6.45, 7) is 1.65. The van der Waals surface area contributed by atoms with Gasteiger partial charge < -0.3 is 20.4 Å². The van der Waals surface area contributed by atoms with Crippen molar-refractivity contribution in [2.24, 2.45) is 11.8 Å². The van der Waals surface area contributed by atoms with Crippen molar-refractivity contribution in [3.05, 3.63) is 0 Å². The third-order valence-electron chi connectivity index (χ3n) is 2.67. The van der Waals surface area contributed by atoms with Crippen LogP contribution >= 0.6 is 0 Å². The number of rotatable bonds is 1. The van der Waals surface area contributed by atoms with E-state index in [0.29, 0.717) is 6.42 Å². The SMILES string of the molecule is C[C@H]1CC(CO)[C@@H](O)C(O)C1O. The highest BCUT2D eigenvalue weighted by atomic mass is 16.4. The molecule has 0 radical (unpaired) electrons. The molecule has 5 atom stereocenters. The average molecular weight is 176 g/mol. The van der Waals surface area contributed by atoms with Gasteiger partial charge in [0.15, 0.2) is 0 Å². The highest BCUT2D eigenvalue weighted by Gasteiger charge is 2.40. The molecule has 0 amide bonds. The Hall–Kier alpha value is -0.160. The summed E-state index contributed by atoms with van der Waals surface area (Å²) in [4.78, 5) is 0. The summed E-state index contributed by atoms with van der Waals surface area (Å²) in [5.41, 5.74) is 0. The first-order chi connectivity index (χ1) is 5.57. The minimum Gasteiger partial charge on any atom is -0.396 e. The van der Waals surface area contributed by atoms with E-state index in [1.54, 1.807) is 6.92 Å². The van der Waals surface area contributed by atoms with Gasteiger partial charge in [-0.2, -0.15) is 0 Å². The van der Waals surface area contributed by atoms with E-state index in [0.717, 1.165) is 0 Å². The summed E-state index contributed by atoms with van der Waals surface area (Å²) >= 11 is 0. The second kappa shape index (κ2) is 3.70. The van der Waals surface area contributed by atoms with Crippen LogP contribution in [0.4, 0.5) is 0 Å². The third kappa shape index (κ3) is 1.61. The van der Waals surface area contributed by atoms with Crippen LogP contribution in [0, 0.1) is 11.8 Å². The molecule has 0 saturated heterocycles. The lowest BCUT2D eigenvalue weighted by Crippen LogP contribution is -2.51. The van der Waals surface area contributed by atoms with Crippen LogP contribution < -0.4 is 0 Å². The zero-order valence-electron chi connectivity index (χ0n) is 7.09. The molecule has 0 aliphatic heterocycles. The van der Waals surface area contributed by atoms with Crippen molar-refractivity contribution in [2.45, 2.75) is 31.7 Å². The van der Waals surface area contributed by atoms with Crippen LogP contribution in [0.5, 0.6) is 0 Å². The predicted molar refractivity (Wildman–Crippen MR) is 42.4 cm³/mol. The number of hydrogen-bond acceptors (Lipinski definition) is 4. The second-order valence-electron chi connectivity index (χ2n) is 3.63. The Labute approximate surface area is 71.5 Å². The molecule has 1 aliphatic rings. The Morgan fingerprint density at radius 1 is 1.08 bits per heavy atom. The molecule has 4 heteroatoms. The molecule has 1 fully saturated rings. The van der Waals surface area contributed by atoms with Crippen LogP contribution in [0.2, 0.25) is 0 Å². The summed E-state index contributed by atoms with van der Waals surface area (Å²) in [5.74, 6) is -0.376. The van der Waals surface area contributed by atoms with Gasteiger partial charge in [0.25, 0.3) is 0 Å². The van der Waals surface area contributed by atoms with Crippen molar-refractivity contribution in [1.82, 2.24) is 0 Å². The molecule has 0 aromatic rings.